The minimum Gasteiger partial charge on any atom is -0.356 e. The van der Waals surface area contributed by atoms with Gasteiger partial charge in [0.25, 0.3) is 0 Å². The van der Waals surface area contributed by atoms with Crippen molar-refractivity contribution >= 4 is 5.91 Å². The molecule has 3 N–H and O–H groups in total. The fraction of sp³-hybridized carbons (Fsp3) is 0.923. The summed E-state index contributed by atoms with van der Waals surface area (Å²) in [7, 11) is 0. The van der Waals surface area contributed by atoms with Crippen LogP contribution in [-0.2, 0) is 4.79 Å². The summed E-state index contributed by atoms with van der Waals surface area (Å²) in [5, 5.41) is 3.07. The Morgan fingerprint density at radius 1 is 1.47 bits per heavy atom. The first-order valence-electron chi connectivity index (χ1n) is 6.92. The number of nitrogens with one attached hydrogen (secondary N) is 1. The molecule has 0 aromatic carbocycles. The van der Waals surface area contributed by atoms with Crippen LogP contribution in [0.4, 0.5) is 0 Å². The zero-order chi connectivity index (χ0) is 12.3. The van der Waals surface area contributed by atoms with E-state index in [1.54, 1.807) is 0 Å². The van der Waals surface area contributed by atoms with Crippen LogP contribution in [0.5, 0.6) is 0 Å². The predicted octanol–water partition coefficient (Wildman–Crippen LogP) is 0.572. The zero-order valence-electron chi connectivity index (χ0n) is 10.8. The Hall–Kier alpha value is -0.610. The molecule has 4 heteroatoms. The summed E-state index contributed by atoms with van der Waals surface area (Å²) < 4.78 is 0. The molecule has 2 atom stereocenters. The van der Waals surface area contributed by atoms with Crippen molar-refractivity contribution in [3.8, 4) is 0 Å². The van der Waals surface area contributed by atoms with Crippen LogP contribution in [0, 0.1) is 11.8 Å². The molecule has 1 aliphatic carbocycles. The summed E-state index contributed by atoms with van der Waals surface area (Å²) in [6.07, 6.45) is 4.78. The molecule has 2 unspecified atom stereocenters. The highest BCUT2D eigenvalue weighted by Crippen LogP contribution is 2.31. The molecule has 1 aliphatic heterocycles. The Labute approximate surface area is 104 Å². The Morgan fingerprint density at radius 2 is 2.24 bits per heavy atom. The molecular weight excluding hydrogens is 214 g/mol. The fourth-order valence-corrected chi connectivity index (χ4v) is 2.60. The minimum atomic E-state index is 0.0564. The van der Waals surface area contributed by atoms with Crippen LogP contribution in [0.1, 0.15) is 32.6 Å². The molecule has 2 aliphatic rings. The first-order chi connectivity index (χ1) is 8.20. The van der Waals surface area contributed by atoms with Gasteiger partial charge in [0.15, 0.2) is 0 Å². The Bertz CT molecular complexity index is 265. The predicted molar refractivity (Wildman–Crippen MR) is 68.5 cm³/mol. The van der Waals surface area contributed by atoms with Crippen molar-refractivity contribution in [3.63, 3.8) is 0 Å². The van der Waals surface area contributed by atoms with Gasteiger partial charge in [0.2, 0.25) is 5.91 Å². The van der Waals surface area contributed by atoms with E-state index < -0.39 is 0 Å². The molecule has 1 amide bonds. The molecule has 1 saturated heterocycles. The van der Waals surface area contributed by atoms with Crippen molar-refractivity contribution in [2.45, 2.75) is 38.6 Å². The van der Waals surface area contributed by atoms with Crippen LogP contribution in [-0.4, -0.2) is 43.0 Å². The zero-order valence-corrected chi connectivity index (χ0v) is 10.8. The monoisotopic (exact) mass is 239 g/mol. The molecule has 0 bridgehead atoms. The maximum atomic E-state index is 11.7. The molecule has 1 saturated carbocycles. The third-order valence-electron chi connectivity index (χ3n) is 3.99. The van der Waals surface area contributed by atoms with Crippen LogP contribution in [0.25, 0.3) is 0 Å². The Kier molecular flexibility index (Phi) is 4.40. The van der Waals surface area contributed by atoms with Crippen molar-refractivity contribution in [1.82, 2.24) is 10.2 Å². The first-order valence-corrected chi connectivity index (χ1v) is 6.92. The average molecular weight is 239 g/mol. The highest BCUT2D eigenvalue weighted by molar-refractivity contribution is 5.78. The van der Waals surface area contributed by atoms with Gasteiger partial charge in [0, 0.05) is 25.0 Å². The normalized spacial score (nSPS) is 27.1. The summed E-state index contributed by atoms with van der Waals surface area (Å²) in [4.78, 5) is 14.3. The summed E-state index contributed by atoms with van der Waals surface area (Å²) in [5.74, 6) is 0.880. The van der Waals surface area contributed by atoms with E-state index in [0.717, 1.165) is 19.0 Å². The number of likely N-dealkylation sites (tertiary alicyclic amines) is 1. The number of amides is 1. The van der Waals surface area contributed by atoms with E-state index in [0.29, 0.717) is 12.5 Å². The first kappa shape index (κ1) is 12.8. The molecule has 17 heavy (non-hydrogen) atoms. The molecule has 0 aromatic heterocycles. The van der Waals surface area contributed by atoms with E-state index in [-0.39, 0.29) is 11.8 Å². The van der Waals surface area contributed by atoms with Crippen molar-refractivity contribution in [2.75, 3.05) is 26.2 Å². The van der Waals surface area contributed by atoms with E-state index >= 15 is 0 Å². The molecule has 0 spiro atoms. The second kappa shape index (κ2) is 5.83. The van der Waals surface area contributed by atoms with Gasteiger partial charge in [-0.1, -0.05) is 6.92 Å². The quantitative estimate of drug-likeness (QED) is 0.712. The lowest BCUT2D eigenvalue weighted by Gasteiger charge is -2.16. The minimum absolute atomic E-state index is 0.0564. The van der Waals surface area contributed by atoms with Crippen LogP contribution in [0.2, 0.25) is 0 Å². The van der Waals surface area contributed by atoms with Gasteiger partial charge in [-0.15, -0.1) is 0 Å². The maximum Gasteiger partial charge on any atom is 0.222 e. The van der Waals surface area contributed by atoms with Gasteiger partial charge in [0.1, 0.15) is 0 Å². The number of nitrogens with two attached hydrogens (primary N) is 1. The van der Waals surface area contributed by atoms with Gasteiger partial charge in [-0.25, -0.2) is 0 Å². The van der Waals surface area contributed by atoms with E-state index in [2.05, 4.69) is 10.2 Å². The molecule has 4 nitrogen and oxygen atoms in total. The number of hydrogen-bond donors (Lipinski definition) is 2. The van der Waals surface area contributed by atoms with Gasteiger partial charge in [-0.3, -0.25) is 4.79 Å². The summed E-state index contributed by atoms with van der Waals surface area (Å²) in [5.41, 5.74) is 5.46. The Morgan fingerprint density at radius 3 is 2.88 bits per heavy atom. The second-order valence-corrected chi connectivity index (χ2v) is 5.60. The van der Waals surface area contributed by atoms with Crippen molar-refractivity contribution in [1.29, 1.82) is 0 Å². The standard InChI is InChI=1S/C13H25N3O/c1-10(4-6-14)13(17)15-8-11-5-7-16(9-11)12-2-3-12/h10-12H,2-9,14H2,1H3,(H,15,17). The number of carbonyl (C=O) groups is 1. The van der Waals surface area contributed by atoms with Crippen molar-refractivity contribution in [2.24, 2.45) is 17.6 Å². The highest BCUT2D eigenvalue weighted by Gasteiger charge is 2.34. The van der Waals surface area contributed by atoms with E-state index in [9.17, 15) is 4.79 Å². The largest absolute Gasteiger partial charge is 0.356 e. The second-order valence-electron chi connectivity index (χ2n) is 5.60. The lowest BCUT2D eigenvalue weighted by Crippen LogP contribution is -2.35. The number of hydrogen-bond acceptors (Lipinski definition) is 3. The lowest BCUT2D eigenvalue weighted by molar-refractivity contribution is -0.124. The topological polar surface area (TPSA) is 58.4 Å². The van der Waals surface area contributed by atoms with Crippen LogP contribution < -0.4 is 11.1 Å². The number of rotatable bonds is 6. The summed E-state index contributed by atoms with van der Waals surface area (Å²) >= 11 is 0. The van der Waals surface area contributed by atoms with E-state index in [1.807, 2.05) is 6.92 Å². The third-order valence-corrected chi connectivity index (χ3v) is 3.99. The highest BCUT2D eigenvalue weighted by atomic mass is 16.1. The molecule has 1 heterocycles. The molecular formula is C13H25N3O. The Balaban J connectivity index is 1.63. The lowest BCUT2D eigenvalue weighted by atomic mass is 10.1. The average Bonchev–Trinajstić information content (AvgIpc) is 3.06. The van der Waals surface area contributed by atoms with Gasteiger partial charge in [-0.05, 0) is 44.7 Å². The van der Waals surface area contributed by atoms with E-state index in [1.165, 1.54) is 32.4 Å². The van der Waals surface area contributed by atoms with Gasteiger partial charge in [0.05, 0.1) is 0 Å². The smallest absolute Gasteiger partial charge is 0.222 e. The number of nitrogens with zero attached hydrogens (tertiary/aromatic N) is 1. The number of carbonyl (C=O) groups excluding carboxylic acids is 1. The van der Waals surface area contributed by atoms with Crippen LogP contribution >= 0.6 is 0 Å². The molecule has 0 aromatic rings. The van der Waals surface area contributed by atoms with Crippen LogP contribution in [0.15, 0.2) is 0 Å². The fourth-order valence-electron chi connectivity index (χ4n) is 2.60. The van der Waals surface area contributed by atoms with Crippen LogP contribution in [0.3, 0.4) is 0 Å². The van der Waals surface area contributed by atoms with Crippen molar-refractivity contribution < 1.29 is 4.79 Å². The van der Waals surface area contributed by atoms with Gasteiger partial charge >= 0.3 is 0 Å². The van der Waals surface area contributed by atoms with E-state index in [4.69, 9.17) is 5.73 Å². The molecule has 0 radical (unpaired) electrons. The van der Waals surface area contributed by atoms with Gasteiger partial charge in [-0.2, -0.15) is 0 Å². The molecule has 98 valence electrons. The summed E-state index contributed by atoms with van der Waals surface area (Å²) in [6, 6.07) is 0.867. The third kappa shape index (κ3) is 3.68. The van der Waals surface area contributed by atoms with Gasteiger partial charge < -0.3 is 16.0 Å². The summed E-state index contributed by atoms with van der Waals surface area (Å²) in [6.45, 7) is 5.79. The maximum absolute atomic E-state index is 11.7. The van der Waals surface area contributed by atoms with Crippen molar-refractivity contribution in [3.05, 3.63) is 0 Å². The SMILES string of the molecule is CC(CCN)C(=O)NCC1CCN(C2CC2)C1. The molecule has 2 rings (SSSR count). The molecule has 2 fully saturated rings.